The lowest BCUT2D eigenvalue weighted by Crippen LogP contribution is -2.04. The Morgan fingerprint density at radius 2 is 0.431 bits per heavy atom. The number of aromatic nitrogens is 2. The van der Waals surface area contributed by atoms with Gasteiger partial charge in [-0.1, -0.05) is 231 Å². The van der Waals surface area contributed by atoms with E-state index in [9.17, 15) is 0 Å². The Morgan fingerprint density at radius 1 is 0.190 bits per heavy atom. The quantitative estimate of drug-likeness (QED) is 0.155. The van der Waals surface area contributed by atoms with Gasteiger partial charge in [0.2, 0.25) is 0 Å². The van der Waals surface area contributed by atoms with Crippen molar-refractivity contribution in [3.8, 4) is 89.3 Å². The Morgan fingerprint density at radius 3 is 0.741 bits per heavy atom. The van der Waals surface area contributed by atoms with E-state index < -0.39 is 0 Å². The lowest BCUT2D eigenvalue weighted by molar-refractivity contribution is 1.29. The smallest absolute Gasteiger partial charge is 0.0986 e. The summed E-state index contributed by atoms with van der Waals surface area (Å²) in [5.41, 5.74) is 18.7. The summed E-state index contributed by atoms with van der Waals surface area (Å²) in [4.78, 5) is 11.7. The van der Waals surface area contributed by atoms with E-state index in [4.69, 9.17) is 9.97 Å². The Bertz CT molecular complexity index is 2790. The number of hydrogen-bond acceptors (Lipinski definition) is 2. The maximum absolute atomic E-state index is 5.83. The highest BCUT2D eigenvalue weighted by atomic mass is 14.8. The molecule has 0 amide bonds. The molecular formula is C56H38N2. The van der Waals surface area contributed by atoms with Gasteiger partial charge in [-0.25, -0.2) is 9.97 Å². The van der Waals surface area contributed by atoms with Crippen LogP contribution in [0.4, 0.5) is 0 Å². The highest BCUT2D eigenvalue weighted by Gasteiger charge is 2.29. The first-order valence-corrected chi connectivity index (χ1v) is 19.8. The van der Waals surface area contributed by atoms with Gasteiger partial charge in [0.05, 0.1) is 22.4 Å². The van der Waals surface area contributed by atoms with Gasteiger partial charge in [0.25, 0.3) is 0 Å². The molecule has 0 aliphatic rings. The summed E-state index contributed by atoms with van der Waals surface area (Å²) in [6, 6.07) is 81.6. The van der Waals surface area contributed by atoms with Crippen LogP contribution >= 0.6 is 0 Å². The van der Waals surface area contributed by atoms with Gasteiger partial charge in [0.1, 0.15) is 0 Å². The molecule has 2 nitrogen and oxygen atoms in total. The fourth-order valence-electron chi connectivity index (χ4n) is 8.32. The molecule has 0 unspecified atom stereocenters. The average Bonchev–Trinajstić information content (AvgIpc) is 3.32. The molecule has 0 N–H and O–H groups in total. The zero-order valence-corrected chi connectivity index (χ0v) is 31.8. The minimum absolute atomic E-state index is 0.843. The van der Waals surface area contributed by atoms with Gasteiger partial charge in [0.15, 0.2) is 0 Å². The van der Waals surface area contributed by atoms with Crippen LogP contribution in [-0.4, -0.2) is 9.97 Å². The molecule has 10 aromatic rings. The fraction of sp³-hybridized carbons (Fsp3) is 0. The van der Waals surface area contributed by atoms with Crippen molar-refractivity contribution in [3.63, 3.8) is 0 Å². The summed E-state index contributed by atoms with van der Waals surface area (Å²) in [7, 11) is 0. The molecular weight excluding hydrogens is 701 g/mol. The summed E-state index contributed by atoms with van der Waals surface area (Å²) >= 11 is 0. The Kier molecular flexibility index (Phi) is 9.27. The molecule has 0 fully saturated rings. The predicted octanol–water partition coefficient (Wildman–Crippen LogP) is 15.0. The van der Waals surface area contributed by atoms with Gasteiger partial charge in [-0.15, -0.1) is 0 Å². The molecule has 0 aliphatic carbocycles. The van der Waals surface area contributed by atoms with Crippen LogP contribution in [0.3, 0.4) is 0 Å². The summed E-state index contributed by atoms with van der Waals surface area (Å²) < 4.78 is 0. The number of rotatable bonds is 8. The second-order valence-electron chi connectivity index (χ2n) is 14.4. The van der Waals surface area contributed by atoms with Crippen LogP contribution in [0.1, 0.15) is 0 Å². The summed E-state index contributed by atoms with van der Waals surface area (Å²) in [5, 5.41) is 0. The van der Waals surface area contributed by atoms with Crippen LogP contribution in [0.5, 0.6) is 0 Å². The monoisotopic (exact) mass is 738 g/mol. The van der Waals surface area contributed by atoms with Crippen molar-refractivity contribution in [2.45, 2.75) is 0 Å². The van der Waals surface area contributed by atoms with Crippen LogP contribution < -0.4 is 0 Å². The lowest BCUT2D eigenvalue weighted by Gasteiger charge is -2.26. The highest BCUT2D eigenvalue weighted by Crippen LogP contribution is 2.54. The molecule has 2 heteroatoms. The fourth-order valence-corrected chi connectivity index (χ4v) is 8.32. The molecule has 0 spiro atoms. The number of nitrogens with zero attached hydrogens (tertiary/aromatic N) is 2. The van der Waals surface area contributed by atoms with Crippen molar-refractivity contribution in [1.82, 2.24) is 9.97 Å². The Hall–Kier alpha value is -7.68. The van der Waals surface area contributed by atoms with Gasteiger partial charge < -0.3 is 0 Å². The summed E-state index contributed by atoms with van der Waals surface area (Å²) in [6.45, 7) is 0. The SMILES string of the molecule is c1ccc(-c2ccccc2-c2c(-c3ccccc3-c3ccccc3)c(-c3ccccc3)c3nc(-c4ccccc4)c(-c4ccccc4)nc3c2-c2ccccc2)cc1. The molecule has 0 saturated heterocycles. The number of benzene rings is 9. The van der Waals surface area contributed by atoms with E-state index in [0.29, 0.717) is 0 Å². The highest BCUT2D eigenvalue weighted by molar-refractivity contribution is 6.18. The molecule has 0 bridgehead atoms. The van der Waals surface area contributed by atoms with Gasteiger partial charge >= 0.3 is 0 Å². The van der Waals surface area contributed by atoms with E-state index in [1.54, 1.807) is 0 Å². The van der Waals surface area contributed by atoms with Gasteiger partial charge in [-0.3, -0.25) is 0 Å². The third-order valence-electron chi connectivity index (χ3n) is 10.9. The maximum Gasteiger partial charge on any atom is 0.0986 e. The Balaban J connectivity index is 1.49. The number of fused-ring (bicyclic) bond motifs is 1. The van der Waals surface area contributed by atoms with E-state index in [1.807, 2.05) is 0 Å². The van der Waals surface area contributed by atoms with Crippen molar-refractivity contribution in [2.75, 3.05) is 0 Å². The summed E-state index contributed by atoms with van der Waals surface area (Å²) in [6.07, 6.45) is 0. The van der Waals surface area contributed by atoms with Crippen LogP contribution in [0.15, 0.2) is 231 Å². The number of hydrogen-bond donors (Lipinski definition) is 0. The minimum Gasteiger partial charge on any atom is -0.243 e. The van der Waals surface area contributed by atoms with E-state index in [0.717, 1.165) is 100 Å². The zero-order chi connectivity index (χ0) is 38.7. The molecule has 0 aliphatic heterocycles. The van der Waals surface area contributed by atoms with E-state index in [1.165, 1.54) is 0 Å². The van der Waals surface area contributed by atoms with Crippen molar-refractivity contribution >= 4 is 11.0 Å². The lowest BCUT2D eigenvalue weighted by atomic mass is 9.78. The largest absolute Gasteiger partial charge is 0.243 e. The maximum atomic E-state index is 5.83. The zero-order valence-electron chi connectivity index (χ0n) is 31.8. The van der Waals surface area contributed by atoms with Crippen LogP contribution in [0.2, 0.25) is 0 Å². The van der Waals surface area contributed by atoms with Crippen LogP contribution in [-0.2, 0) is 0 Å². The second kappa shape index (κ2) is 15.5. The standard InChI is InChI=1S/C56H38N2/c1-7-23-39(24-8-1)45-35-19-21-37-47(45)51-49(41-27-11-3-12-28-41)55-56(58-54(44-33-17-6-18-34-44)53(57-55)43-31-15-5-16-32-43)50(42-29-13-4-14-30-42)52(51)48-38-22-20-36-46(48)40-25-9-2-10-26-40/h1-38H. The molecule has 272 valence electrons. The van der Waals surface area contributed by atoms with Gasteiger partial charge in [0, 0.05) is 33.4 Å². The van der Waals surface area contributed by atoms with Gasteiger partial charge in [-0.05, 0) is 44.5 Å². The average molecular weight is 739 g/mol. The minimum atomic E-state index is 0.843. The normalized spacial score (nSPS) is 11.1. The molecule has 1 heterocycles. The van der Waals surface area contributed by atoms with Crippen molar-refractivity contribution in [2.24, 2.45) is 0 Å². The van der Waals surface area contributed by atoms with Crippen molar-refractivity contribution in [1.29, 1.82) is 0 Å². The van der Waals surface area contributed by atoms with E-state index in [-0.39, 0.29) is 0 Å². The Labute approximate surface area is 339 Å². The van der Waals surface area contributed by atoms with Crippen molar-refractivity contribution in [3.05, 3.63) is 231 Å². The molecule has 10 rings (SSSR count). The van der Waals surface area contributed by atoms with Crippen molar-refractivity contribution < 1.29 is 0 Å². The molecule has 0 radical (unpaired) electrons. The molecule has 0 saturated carbocycles. The third-order valence-corrected chi connectivity index (χ3v) is 10.9. The molecule has 0 atom stereocenters. The predicted molar refractivity (Wildman–Crippen MR) is 243 cm³/mol. The third kappa shape index (κ3) is 6.37. The second-order valence-corrected chi connectivity index (χ2v) is 14.4. The first-order valence-electron chi connectivity index (χ1n) is 19.8. The summed E-state index contributed by atoms with van der Waals surface area (Å²) in [5.74, 6) is 0. The van der Waals surface area contributed by atoms with E-state index in [2.05, 4.69) is 231 Å². The molecule has 9 aromatic carbocycles. The van der Waals surface area contributed by atoms with Crippen LogP contribution in [0, 0.1) is 0 Å². The molecule has 58 heavy (non-hydrogen) atoms. The first-order chi connectivity index (χ1) is 28.8. The first kappa shape index (κ1) is 34.8. The molecule has 1 aromatic heterocycles. The van der Waals surface area contributed by atoms with Crippen LogP contribution in [0.25, 0.3) is 100 Å². The van der Waals surface area contributed by atoms with E-state index >= 15 is 0 Å². The van der Waals surface area contributed by atoms with Gasteiger partial charge in [-0.2, -0.15) is 0 Å². The topological polar surface area (TPSA) is 25.8 Å².